The summed E-state index contributed by atoms with van der Waals surface area (Å²) in [5.74, 6) is 0.559. The summed E-state index contributed by atoms with van der Waals surface area (Å²) in [6, 6.07) is 9.38. The van der Waals surface area contributed by atoms with Gasteiger partial charge in [-0.3, -0.25) is 14.9 Å². The zero-order valence-electron chi connectivity index (χ0n) is 12.9. The summed E-state index contributed by atoms with van der Waals surface area (Å²) < 4.78 is 9.26. The van der Waals surface area contributed by atoms with Gasteiger partial charge in [0.2, 0.25) is 0 Å². The Kier molecular flexibility index (Phi) is 4.61. The molecule has 126 valence electrons. The van der Waals surface area contributed by atoms with E-state index in [1.54, 1.807) is 31.2 Å². The monoisotopic (exact) mass is 357 g/mol. The Balaban J connectivity index is 1.66. The number of hydrogen-bond donors (Lipinski definition) is 1. The van der Waals surface area contributed by atoms with Crippen molar-refractivity contribution >= 4 is 29.3 Å². The lowest BCUT2D eigenvalue weighted by atomic mass is 10.1. The van der Waals surface area contributed by atoms with Crippen LogP contribution in [0.25, 0.3) is 11.3 Å². The van der Waals surface area contributed by atoms with Gasteiger partial charge in [-0.2, -0.15) is 5.10 Å². The number of hydrazone groups is 1. The summed E-state index contributed by atoms with van der Waals surface area (Å²) in [6.45, 7) is 1.69. The normalized spacial score (nSPS) is 10.9. The molecule has 2 heterocycles. The number of aryl methyl sites for hydroxylation is 1. The summed E-state index contributed by atoms with van der Waals surface area (Å²) in [5, 5.41) is 18.2. The lowest BCUT2D eigenvalue weighted by Crippen LogP contribution is -2.17. The Morgan fingerprint density at radius 1 is 1.32 bits per heavy atom. The van der Waals surface area contributed by atoms with Crippen LogP contribution in [0.15, 0.2) is 45.9 Å². The van der Waals surface area contributed by atoms with Gasteiger partial charge in [0, 0.05) is 17.7 Å². The van der Waals surface area contributed by atoms with Crippen molar-refractivity contribution in [3.05, 3.63) is 62.8 Å². The Labute approximate surface area is 145 Å². The van der Waals surface area contributed by atoms with Crippen molar-refractivity contribution in [2.75, 3.05) is 0 Å². The van der Waals surface area contributed by atoms with E-state index in [0.717, 1.165) is 11.5 Å². The molecule has 2 aromatic heterocycles. The van der Waals surface area contributed by atoms with Gasteiger partial charge in [0.15, 0.2) is 0 Å². The van der Waals surface area contributed by atoms with Crippen LogP contribution >= 0.6 is 11.5 Å². The summed E-state index contributed by atoms with van der Waals surface area (Å²) >= 11 is 0.990. The molecule has 0 aliphatic heterocycles. The van der Waals surface area contributed by atoms with E-state index in [9.17, 15) is 14.9 Å². The average molecular weight is 357 g/mol. The van der Waals surface area contributed by atoms with Gasteiger partial charge in [-0.05, 0) is 42.7 Å². The van der Waals surface area contributed by atoms with E-state index in [1.807, 2.05) is 0 Å². The number of hydrogen-bond acceptors (Lipinski definition) is 8. The highest BCUT2D eigenvalue weighted by atomic mass is 32.1. The zero-order chi connectivity index (χ0) is 17.8. The molecule has 0 aliphatic carbocycles. The van der Waals surface area contributed by atoms with E-state index in [1.165, 1.54) is 18.3 Å². The second kappa shape index (κ2) is 7.01. The van der Waals surface area contributed by atoms with Crippen molar-refractivity contribution in [1.82, 2.24) is 15.0 Å². The maximum Gasteiger partial charge on any atom is 0.285 e. The zero-order valence-corrected chi connectivity index (χ0v) is 13.7. The largest absolute Gasteiger partial charge is 0.455 e. The summed E-state index contributed by atoms with van der Waals surface area (Å²) in [6.07, 6.45) is 1.36. The molecule has 0 fully saturated rings. The number of carbonyl (C=O) groups excluding carboxylic acids is 1. The van der Waals surface area contributed by atoms with E-state index in [0.29, 0.717) is 27.7 Å². The third kappa shape index (κ3) is 3.75. The van der Waals surface area contributed by atoms with Crippen molar-refractivity contribution in [1.29, 1.82) is 0 Å². The molecule has 1 amide bonds. The van der Waals surface area contributed by atoms with Gasteiger partial charge in [0.1, 0.15) is 16.4 Å². The Morgan fingerprint density at radius 2 is 2.08 bits per heavy atom. The predicted octanol–water partition coefficient (Wildman–Crippen LogP) is 2.78. The maximum absolute atomic E-state index is 11.9. The molecular formula is C15H11N5O4S. The molecule has 0 saturated carbocycles. The molecule has 3 rings (SSSR count). The molecule has 0 radical (unpaired) electrons. The number of carbonyl (C=O) groups is 1. The van der Waals surface area contributed by atoms with Crippen LogP contribution in [0.2, 0.25) is 0 Å². The highest BCUT2D eigenvalue weighted by Gasteiger charge is 2.12. The summed E-state index contributed by atoms with van der Waals surface area (Å²) in [5.41, 5.74) is 3.61. The number of benzene rings is 1. The second-order valence-corrected chi connectivity index (χ2v) is 5.65. The third-order valence-corrected chi connectivity index (χ3v) is 4.03. The highest BCUT2D eigenvalue weighted by Crippen LogP contribution is 2.24. The van der Waals surface area contributed by atoms with Gasteiger partial charge in [0.25, 0.3) is 11.6 Å². The van der Waals surface area contributed by atoms with Crippen LogP contribution < -0.4 is 5.43 Å². The SMILES string of the molecule is Cc1nnsc1C(=O)N/N=C\c1ccc(-c2ccc([N+](=O)[O-])cc2)o1. The topological polar surface area (TPSA) is 124 Å². The third-order valence-electron chi connectivity index (χ3n) is 3.21. The van der Waals surface area contributed by atoms with Crippen LogP contribution in [-0.2, 0) is 0 Å². The van der Waals surface area contributed by atoms with Gasteiger partial charge >= 0.3 is 0 Å². The lowest BCUT2D eigenvalue weighted by Gasteiger charge is -1.97. The molecule has 0 spiro atoms. The Hall–Kier alpha value is -3.40. The first-order valence-electron chi connectivity index (χ1n) is 7.01. The van der Waals surface area contributed by atoms with Gasteiger partial charge < -0.3 is 4.42 Å². The van der Waals surface area contributed by atoms with Crippen LogP contribution in [0.3, 0.4) is 0 Å². The molecule has 0 atom stereocenters. The van der Waals surface area contributed by atoms with Crippen LogP contribution in [0.1, 0.15) is 21.1 Å². The Morgan fingerprint density at radius 3 is 2.72 bits per heavy atom. The fourth-order valence-electron chi connectivity index (χ4n) is 1.97. The predicted molar refractivity (Wildman–Crippen MR) is 90.5 cm³/mol. The first-order valence-corrected chi connectivity index (χ1v) is 7.79. The first-order chi connectivity index (χ1) is 12.0. The molecular weight excluding hydrogens is 346 g/mol. The smallest absolute Gasteiger partial charge is 0.285 e. The van der Waals surface area contributed by atoms with E-state index in [4.69, 9.17) is 4.42 Å². The molecule has 0 saturated heterocycles. The number of furan rings is 1. The number of aromatic nitrogens is 2. The molecule has 0 bridgehead atoms. The van der Waals surface area contributed by atoms with E-state index < -0.39 is 10.8 Å². The highest BCUT2D eigenvalue weighted by molar-refractivity contribution is 7.07. The molecule has 10 heteroatoms. The molecule has 3 aromatic rings. The van der Waals surface area contributed by atoms with Crippen LogP contribution in [0.4, 0.5) is 5.69 Å². The fraction of sp³-hybridized carbons (Fsp3) is 0.0667. The van der Waals surface area contributed by atoms with E-state index in [2.05, 4.69) is 20.1 Å². The number of nitro groups is 1. The second-order valence-electron chi connectivity index (χ2n) is 4.89. The quantitative estimate of drug-likeness (QED) is 0.425. The van der Waals surface area contributed by atoms with E-state index >= 15 is 0 Å². The summed E-state index contributed by atoms with van der Waals surface area (Å²) in [7, 11) is 0. The maximum atomic E-state index is 11.9. The molecule has 25 heavy (non-hydrogen) atoms. The van der Waals surface area contributed by atoms with Crippen molar-refractivity contribution < 1.29 is 14.1 Å². The van der Waals surface area contributed by atoms with Crippen molar-refractivity contribution in [2.24, 2.45) is 5.10 Å². The number of amides is 1. The molecule has 1 aromatic carbocycles. The molecule has 0 aliphatic rings. The number of nitrogens with one attached hydrogen (secondary N) is 1. The molecule has 0 unspecified atom stereocenters. The van der Waals surface area contributed by atoms with Crippen molar-refractivity contribution in [3.63, 3.8) is 0 Å². The van der Waals surface area contributed by atoms with Crippen LogP contribution in [-0.4, -0.2) is 26.6 Å². The molecule has 9 nitrogen and oxygen atoms in total. The van der Waals surface area contributed by atoms with Gasteiger partial charge in [-0.1, -0.05) is 4.49 Å². The van der Waals surface area contributed by atoms with Crippen LogP contribution in [0, 0.1) is 17.0 Å². The minimum atomic E-state index is -0.465. The fourth-order valence-corrected chi connectivity index (χ4v) is 2.52. The van der Waals surface area contributed by atoms with Gasteiger partial charge in [-0.25, -0.2) is 5.43 Å². The average Bonchev–Trinajstić information content (AvgIpc) is 3.24. The standard InChI is InChI=1S/C15H11N5O4S/c1-9-14(25-19-17-9)15(21)18-16-8-12-6-7-13(24-12)10-2-4-11(5-3-10)20(22)23/h2-8H,1H3,(H,18,21)/b16-8-. The van der Waals surface area contributed by atoms with Crippen LogP contribution in [0.5, 0.6) is 0 Å². The van der Waals surface area contributed by atoms with E-state index in [-0.39, 0.29) is 5.69 Å². The van der Waals surface area contributed by atoms with Crippen molar-refractivity contribution in [2.45, 2.75) is 6.92 Å². The minimum absolute atomic E-state index is 0.00709. The molecule has 1 N–H and O–H groups in total. The minimum Gasteiger partial charge on any atom is -0.455 e. The number of rotatable bonds is 5. The van der Waals surface area contributed by atoms with Gasteiger partial charge in [0.05, 0.1) is 16.8 Å². The number of nitrogens with zero attached hydrogens (tertiary/aromatic N) is 4. The number of non-ortho nitro benzene ring substituents is 1. The van der Waals surface area contributed by atoms with Crippen molar-refractivity contribution in [3.8, 4) is 11.3 Å². The number of nitro benzene ring substituents is 1. The summed E-state index contributed by atoms with van der Waals surface area (Å²) in [4.78, 5) is 22.4. The lowest BCUT2D eigenvalue weighted by molar-refractivity contribution is -0.384. The van der Waals surface area contributed by atoms with Gasteiger partial charge in [-0.15, -0.1) is 5.10 Å². The first kappa shape index (κ1) is 16.5. The Bertz CT molecular complexity index is 945.